The van der Waals surface area contributed by atoms with Gasteiger partial charge in [-0.2, -0.15) is 0 Å². The maximum absolute atomic E-state index is 11.5. The predicted octanol–water partition coefficient (Wildman–Crippen LogP) is 3.94. The Hall–Kier alpha value is -1.27. The van der Waals surface area contributed by atoms with Crippen molar-refractivity contribution in [3.05, 3.63) is 62.0 Å². The first-order chi connectivity index (χ1) is 10.0. The molecule has 21 heavy (non-hydrogen) atoms. The standard InChI is InChI=1S/C14H11BrCl2N2O2/c15-11-5-9(14(20)19-18)6-12(17)13(11)21-7-8-1-3-10(16)4-2-8/h1-6H,7,18H2,(H,19,20). The van der Waals surface area contributed by atoms with Gasteiger partial charge in [0, 0.05) is 10.6 Å². The lowest BCUT2D eigenvalue weighted by atomic mass is 10.2. The number of rotatable bonds is 4. The average Bonchev–Trinajstić information content (AvgIpc) is 2.47. The lowest BCUT2D eigenvalue weighted by Gasteiger charge is -2.12. The van der Waals surface area contributed by atoms with Crippen LogP contribution in [0, 0.1) is 0 Å². The molecule has 1 amide bonds. The van der Waals surface area contributed by atoms with Gasteiger partial charge in [-0.05, 0) is 45.8 Å². The highest BCUT2D eigenvalue weighted by Gasteiger charge is 2.13. The first kappa shape index (κ1) is 16.1. The zero-order valence-electron chi connectivity index (χ0n) is 10.7. The molecule has 4 nitrogen and oxygen atoms in total. The van der Waals surface area contributed by atoms with E-state index in [-0.39, 0.29) is 0 Å². The van der Waals surface area contributed by atoms with Crippen molar-refractivity contribution in [3.63, 3.8) is 0 Å². The molecule has 0 saturated carbocycles. The summed E-state index contributed by atoms with van der Waals surface area (Å²) in [5.74, 6) is 5.12. The summed E-state index contributed by atoms with van der Waals surface area (Å²) in [6.45, 7) is 0.331. The summed E-state index contributed by atoms with van der Waals surface area (Å²) < 4.78 is 6.25. The van der Waals surface area contributed by atoms with Gasteiger partial charge < -0.3 is 4.74 Å². The molecule has 0 aliphatic rings. The molecule has 0 saturated heterocycles. The third-order valence-electron chi connectivity index (χ3n) is 2.69. The van der Waals surface area contributed by atoms with Gasteiger partial charge in [0.1, 0.15) is 6.61 Å². The molecule has 7 heteroatoms. The zero-order valence-corrected chi connectivity index (χ0v) is 13.8. The molecule has 0 aliphatic heterocycles. The van der Waals surface area contributed by atoms with E-state index in [0.29, 0.717) is 32.4 Å². The van der Waals surface area contributed by atoms with Crippen LogP contribution in [-0.2, 0) is 6.61 Å². The topological polar surface area (TPSA) is 64.3 Å². The molecule has 0 radical (unpaired) electrons. The van der Waals surface area contributed by atoms with E-state index in [1.165, 1.54) is 6.07 Å². The summed E-state index contributed by atoms with van der Waals surface area (Å²) >= 11 is 15.3. The van der Waals surface area contributed by atoms with Crippen molar-refractivity contribution < 1.29 is 9.53 Å². The number of carbonyl (C=O) groups excluding carboxylic acids is 1. The third-order valence-corrected chi connectivity index (χ3v) is 3.81. The summed E-state index contributed by atoms with van der Waals surface area (Å²) in [6, 6.07) is 10.4. The first-order valence-electron chi connectivity index (χ1n) is 5.88. The van der Waals surface area contributed by atoms with Gasteiger partial charge in [0.25, 0.3) is 5.91 Å². The molecule has 2 aromatic rings. The lowest BCUT2D eigenvalue weighted by molar-refractivity contribution is 0.0953. The van der Waals surface area contributed by atoms with Gasteiger partial charge in [-0.15, -0.1) is 0 Å². The zero-order chi connectivity index (χ0) is 15.4. The van der Waals surface area contributed by atoms with Crippen molar-refractivity contribution in [2.24, 2.45) is 5.84 Å². The van der Waals surface area contributed by atoms with Crippen molar-refractivity contribution >= 4 is 45.0 Å². The minimum absolute atomic E-state index is 0.317. The maximum atomic E-state index is 11.5. The number of hydrogen-bond acceptors (Lipinski definition) is 3. The molecule has 2 rings (SSSR count). The van der Waals surface area contributed by atoms with Crippen molar-refractivity contribution in [1.29, 1.82) is 0 Å². The Kier molecular flexibility index (Phi) is 5.47. The fourth-order valence-corrected chi connectivity index (χ4v) is 2.74. The molecule has 0 bridgehead atoms. The van der Waals surface area contributed by atoms with Gasteiger partial charge in [-0.1, -0.05) is 35.3 Å². The number of amides is 1. The monoisotopic (exact) mass is 388 g/mol. The molecule has 110 valence electrons. The number of benzene rings is 2. The molecule has 0 aliphatic carbocycles. The summed E-state index contributed by atoms with van der Waals surface area (Å²) in [5.41, 5.74) is 3.34. The van der Waals surface area contributed by atoms with E-state index in [2.05, 4.69) is 15.9 Å². The Bertz CT molecular complexity index is 640. The fourth-order valence-electron chi connectivity index (χ4n) is 1.65. The van der Waals surface area contributed by atoms with Crippen molar-refractivity contribution in [3.8, 4) is 5.75 Å². The Labute approximate surface area is 140 Å². The van der Waals surface area contributed by atoms with Crippen molar-refractivity contribution in [2.75, 3.05) is 0 Å². The van der Waals surface area contributed by atoms with Crippen LogP contribution in [0.5, 0.6) is 5.75 Å². The van der Waals surface area contributed by atoms with E-state index >= 15 is 0 Å². The second-order valence-corrected chi connectivity index (χ2v) is 5.86. The van der Waals surface area contributed by atoms with E-state index in [1.54, 1.807) is 18.2 Å². The van der Waals surface area contributed by atoms with E-state index in [9.17, 15) is 4.79 Å². The molecule has 0 unspecified atom stereocenters. The van der Waals surface area contributed by atoms with Crippen molar-refractivity contribution in [1.82, 2.24) is 5.43 Å². The van der Waals surface area contributed by atoms with Crippen LogP contribution in [0.4, 0.5) is 0 Å². The Balaban J connectivity index is 2.17. The molecule has 0 atom stereocenters. The molecule has 0 aromatic heterocycles. The quantitative estimate of drug-likeness (QED) is 0.473. The molecule has 3 N–H and O–H groups in total. The number of carbonyl (C=O) groups is 1. The highest BCUT2D eigenvalue weighted by molar-refractivity contribution is 9.10. The van der Waals surface area contributed by atoms with E-state index in [4.69, 9.17) is 33.8 Å². The van der Waals surface area contributed by atoms with Gasteiger partial charge >= 0.3 is 0 Å². The molecular weight excluding hydrogens is 379 g/mol. The summed E-state index contributed by atoms with van der Waals surface area (Å²) in [4.78, 5) is 11.5. The van der Waals surface area contributed by atoms with Gasteiger partial charge in [0.2, 0.25) is 0 Å². The Morgan fingerprint density at radius 1 is 1.24 bits per heavy atom. The first-order valence-corrected chi connectivity index (χ1v) is 7.43. The second-order valence-electron chi connectivity index (χ2n) is 4.16. The van der Waals surface area contributed by atoms with E-state index in [0.717, 1.165) is 5.56 Å². The maximum Gasteiger partial charge on any atom is 0.265 e. The lowest BCUT2D eigenvalue weighted by Crippen LogP contribution is -2.29. The van der Waals surface area contributed by atoms with Crippen molar-refractivity contribution in [2.45, 2.75) is 6.61 Å². The predicted molar refractivity (Wildman–Crippen MR) is 86.6 cm³/mol. The highest BCUT2D eigenvalue weighted by atomic mass is 79.9. The molecule has 0 spiro atoms. The Morgan fingerprint density at radius 2 is 1.90 bits per heavy atom. The van der Waals surface area contributed by atoms with Crippen LogP contribution in [0.25, 0.3) is 0 Å². The second kappa shape index (κ2) is 7.13. The fraction of sp³-hybridized carbons (Fsp3) is 0.0714. The number of nitrogen functional groups attached to an aromatic ring is 1. The normalized spacial score (nSPS) is 10.3. The minimum atomic E-state index is -0.429. The molecule has 0 fully saturated rings. The number of nitrogens with two attached hydrogens (primary N) is 1. The van der Waals surface area contributed by atoms with Crippen LogP contribution in [0.3, 0.4) is 0 Å². The summed E-state index contributed by atoms with van der Waals surface area (Å²) in [6.07, 6.45) is 0. The van der Waals surface area contributed by atoms with Crippen LogP contribution in [0.1, 0.15) is 15.9 Å². The van der Waals surface area contributed by atoms with Crippen LogP contribution in [0.2, 0.25) is 10.0 Å². The average molecular weight is 390 g/mol. The van der Waals surface area contributed by atoms with Gasteiger partial charge in [0.05, 0.1) is 9.50 Å². The van der Waals surface area contributed by atoms with Crippen LogP contribution in [0.15, 0.2) is 40.9 Å². The number of halogens is 3. The van der Waals surface area contributed by atoms with Gasteiger partial charge in [-0.25, -0.2) is 5.84 Å². The van der Waals surface area contributed by atoms with E-state index in [1.807, 2.05) is 17.6 Å². The third kappa shape index (κ3) is 4.11. The van der Waals surface area contributed by atoms with E-state index < -0.39 is 5.91 Å². The molecule has 2 aromatic carbocycles. The number of hydrazine groups is 1. The Morgan fingerprint density at radius 3 is 2.48 bits per heavy atom. The number of nitrogens with one attached hydrogen (secondary N) is 1. The van der Waals surface area contributed by atoms with Gasteiger partial charge in [-0.3, -0.25) is 10.2 Å². The van der Waals surface area contributed by atoms with Gasteiger partial charge in [0.15, 0.2) is 5.75 Å². The molecule has 0 heterocycles. The number of hydrogen-bond donors (Lipinski definition) is 2. The summed E-state index contributed by atoms with van der Waals surface area (Å²) in [5, 5.41) is 0.979. The highest BCUT2D eigenvalue weighted by Crippen LogP contribution is 2.35. The SMILES string of the molecule is NNC(=O)c1cc(Cl)c(OCc2ccc(Cl)cc2)c(Br)c1. The van der Waals surface area contributed by atoms with Crippen LogP contribution >= 0.6 is 39.1 Å². The molecular formula is C14H11BrCl2N2O2. The number of ether oxygens (including phenoxy) is 1. The smallest absolute Gasteiger partial charge is 0.265 e. The largest absolute Gasteiger partial charge is 0.486 e. The summed E-state index contributed by atoms with van der Waals surface area (Å²) in [7, 11) is 0. The van der Waals surface area contributed by atoms with Crippen LogP contribution in [-0.4, -0.2) is 5.91 Å². The van der Waals surface area contributed by atoms with Crippen LogP contribution < -0.4 is 16.0 Å². The minimum Gasteiger partial charge on any atom is -0.486 e.